The molecule has 1 aromatic heterocycles. The highest BCUT2D eigenvalue weighted by Gasteiger charge is 2.14. The fraction of sp³-hybridized carbons (Fsp3) is 0.154. The molecule has 1 N–H and O–H groups in total. The Morgan fingerprint density at radius 3 is 2.65 bits per heavy atom. The molecule has 2 aromatic rings. The molecule has 0 aliphatic carbocycles. The number of furan rings is 1. The normalized spacial score (nSPS) is 10.5. The Balaban J connectivity index is 2.45. The molecule has 3 nitrogen and oxygen atoms in total. The average Bonchev–Trinajstić information content (AvgIpc) is 2.67. The number of carboxylic acids is 1. The second-order valence-corrected chi connectivity index (χ2v) is 4.75. The Bertz CT molecular complexity index is 558. The number of benzene rings is 1. The molecular formula is C13H12O3S. The molecule has 0 unspecified atom stereocenters. The van der Waals surface area contributed by atoms with Gasteiger partial charge in [0.15, 0.2) is 0 Å². The van der Waals surface area contributed by atoms with E-state index in [1.54, 1.807) is 18.4 Å². The molecule has 0 saturated carbocycles. The third kappa shape index (κ3) is 2.36. The topological polar surface area (TPSA) is 50.4 Å². The first-order valence-corrected chi connectivity index (χ1v) is 5.96. The standard InChI is InChI=1S/C13H12O3S/c1-8-4-3-5-10(13(14)15)12(8)17-11-6-7-16-9(11)2/h3-7H,1-2H3,(H,14,15). The van der Waals surface area contributed by atoms with Gasteiger partial charge < -0.3 is 9.52 Å². The van der Waals surface area contributed by atoms with Crippen LogP contribution in [0, 0.1) is 13.8 Å². The molecule has 17 heavy (non-hydrogen) atoms. The van der Waals surface area contributed by atoms with Gasteiger partial charge in [0.05, 0.1) is 16.7 Å². The second-order valence-electron chi connectivity index (χ2n) is 3.70. The van der Waals surface area contributed by atoms with Gasteiger partial charge in [0, 0.05) is 4.90 Å². The van der Waals surface area contributed by atoms with Gasteiger partial charge in [-0.05, 0) is 31.5 Å². The lowest BCUT2D eigenvalue weighted by atomic mass is 10.1. The van der Waals surface area contributed by atoms with Crippen molar-refractivity contribution in [2.45, 2.75) is 23.6 Å². The van der Waals surface area contributed by atoms with Crippen molar-refractivity contribution >= 4 is 17.7 Å². The fourth-order valence-electron chi connectivity index (χ4n) is 1.55. The fourth-order valence-corrected chi connectivity index (χ4v) is 2.58. The Hall–Kier alpha value is -1.68. The van der Waals surface area contributed by atoms with Crippen molar-refractivity contribution in [3.05, 3.63) is 47.4 Å². The highest BCUT2D eigenvalue weighted by molar-refractivity contribution is 7.99. The van der Waals surface area contributed by atoms with Gasteiger partial charge in [0.1, 0.15) is 5.76 Å². The summed E-state index contributed by atoms with van der Waals surface area (Å²) in [6.07, 6.45) is 1.61. The minimum Gasteiger partial charge on any atom is -0.478 e. The van der Waals surface area contributed by atoms with E-state index in [1.807, 2.05) is 26.0 Å². The van der Waals surface area contributed by atoms with Crippen LogP contribution in [0.3, 0.4) is 0 Å². The summed E-state index contributed by atoms with van der Waals surface area (Å²) in [7, 11) is 0. The lowest BCUT2D eigenvalue weighted by Gasteiger charge is -2.08. The number of aromatic carboxylic acids is 1. The quantitative estimate of drug-likeness (QED) is 0.898. The van der Waals surface area contributed by atoms with Gasteiger partial charge in [-0.15, -0.1) is 0 Å². The largest absolute Gasteiger partial charge is 0.478 e. The zero-order chi connectivity index (χ0) is 12.4. The van der Waals surface area contributed by atoms with E-state index in [0.717, 1.165) is 21.1 Å². The van der Waals surface area contributed by atoms with E-state index < -0.39 is 5.97 Å². The van der Waals surface area contributed by atoms with E-state index in [2.05, 4.69) is 0 Å². The van der Waals surface area contributed by atoms with Crippen molar-refractivity contribution in [1.82, 2.24) is 0 Å². The Labute approximate surface area is 103 Å². The highest BCUT2D eigenvalue weighted by atomic mass is 32.2. The Kier molecular flexibility index (Phi) is 3.24. The molecule has 0 saturated heterocycles. The van der Waals surface area contributed by atoms with E-state index >= 15 is 0 Å². The molecule has 0 aliphatic heterocycles. The van der Waals surface area contributed by atoms with Crippen LogP contribution in [0.1, 0.15) is 21.7 Å². The number of hydrogen-bond acceptors (Lipinski definition) is 3. The maximum Gasteiger partial charge on any atom is 0.336 e. The SMILES string of the molecule is Cc1cccc(C(=O)O)c1Sc1ccoc1C. The first kappa shape index (κ1) is 11.8. The van der Waals surface area contributed by atoms with Crippen LogP contribution in [-0.2, 0) is 0 Å². The first-order chi connectivity index (χ1) is 8.09. The van der Waals surface area contributed by atoms with E-state index in [0.29, 0.717) is 5.56 Å². The first-order valence-electron chi connectivity index (χ1n) is 5.14. The Morgan fingerprint density at radius 1 is 1.29 bits per heavy atom. The molecule has 88 valence electrons. The maximum atomic E-state index is 11.2. The van der Waals surface area contributed by atoms with Gasteiger partial charge in [0.2, 0.25) is 0 Å². The van der Waals surface area contributed by atoms with E-state index in [9.17, 15) is 4.79 Å². The third-order valence-corrected chi connectivity index (χ3v) is 3.86. The number of aryl methyl sites for hydroxylation is 2. The predicted octanol–water partition coefficient (Wildman–Crippen LogP) is 3.75. The van der Waals surface area contributed by atoms with Crippen molar-refractivity contribution in [3.8, 4) is 0 Å². The third-order valence-electron chi connectivity index (χ3n) is 2.47. The smallest absolute Gasteiger partial charge is 0.336 e. The van der Waals surface area contributed by atoms with Crippen LogP contribution in [0.15, 0.2) is 44.7 Å². The minimum atomic E-state index is -0.905. The lowest BCUT2D eigenvalue weighted by molar-refractivity contribution is 0.0693. The molecule has 1 aromatic carbocycles. The monoisotopic (exact) mass is 248 g/mol. The number of rotatable bonds is 3. The summed E-state index contributed by atoms with van der Waals surface area (Å²) in [6, 6.07) is 7.13. The van der Waals surface area contributed by atoms with Crippen molar-refractivity contribution in [3.63, 3.8) is 0 Å². The van der Waals surface area contributed by atoms with Crippen molar-refractivity contribution < 1.29 is 14.3 Å². The molecule has 0 bridgehead atoms. The van der Waals surface area contributed by atoms with Crippen LogP contribution in [0.5, 0.6) is 0 Å². The molecule has 4 heteroatoms. The van der Waals surface area contributed by atoms with Crippen molar-refractivity contribution in [2.24, 2.45) is 0 Å². The molecule has 0 spiro atoms. The zero-order valence-electron chi connectivity index (χ0n) is 9.56. The minimum absolute atomic E-state index is 0.329. The van der Waals surface area contributed by atoms with Gasteiger partial charge in [-0.2, -0.15) is 0 Å². The van der Waals surface area contributed by atoms with Crippen LogP contribution < -0.4 is 0 Å². The summed E-state index contributed by atoms with van der Waals surface area (Å²) < 4.78 is 5.21. The summed E-state index contributed by atoms with van der Waals surface area (Å²) in [6.45, 7) is 3.77. The van der Waals surface area contributed by atoms with Gasteiger partial charge in [-0.25, -0.2) is 4.79 Å². The molecule has 0 aliphatic rings. The predicted molar refractivity (Wildman–Crippen MR) is 65.7 cm³/mol. The summed E-state index contributed by atoms with van der Waals surface area (Å²) >= 11 is 1.43. The summed E-state index contributed by atoms with van der Waals surface area (Å²) in [4.78, 5) is 12.9. The molecule has 0 atom stereocenters. The van der Waals surface area contributed by atoms with Gasteiger partial charge in [-0.1, -0.05) is 23.9 Å². The summed E-state index contributed by atoms with van der Waals surface area (Å²) in [5, 5.41) is 9.15. The van der Waals surface area contributed by atoms with Gasteiger partial charge in [-0.3, -0.25) is 0 Å². The molecule has 2 rings (SSSR count). The van der Waals surface area contributed by atoms with Crippen molar-refractivity contribution in [1.29, 1.82) is 0 Å². The molecule has 0 radical (unpaired) electrons. The second kappa shape index (κ2) is 4.67. The molecule has 0 amide bonds. The molecular weight excluding hydrogens is 236 g/mol. The van der Waals surface area contributed by atoms with Gasteiger partial charge in [0.25, 0.3) is 0 Å². The van der Waals surface area contributed by atoms with Crippen LogP contribution in [-0.4, -0.2) is 11.1 Å². The Morgan fingerprint density at radius 2 is 2.06 bits per heavy atom. The van der Waals surface area contributed by atoms with E-state index in [1.165, 1.54) is 11.8 Å². The average molecular weight is 248 g/mol. The number of hydrogen-bond donors (Lipinski definition) is 1. The van der Waals surface area contributed by atoms with Crippen LogP contribution in [0.25, 0.3) is 0 Å². The van der Waals surface area contributed by atoms with Crippen molar-refractivity contribution in [2.75, 3.05) is 0 Å². The highest BCUT2D eigenvalue weighted by Crippen LogP contribution is 2.35. The van der Waals surface area contributed by atoms with Crippen LogP contribution in [0.2, 0.25) is 0 Å². The summed E-state index contributed by atoms with van der Waals surface area (Å²) in [5.74, 6) is -0.105. The maximum absolute atomic E-state index is 11.2. The van der Waals surface area contributed by atoms with E-state index in [-0.39, 0.29) is 0 Å². The van der Waals surface area contributed by atoms with Gasteiger partial charge >= 0.3 is 5.97 Å². The van der Waals surface area contributed by atoms with Crippen LogP contribution >= 0.6 is 11.8 Å². The van der Waals surface area contributed by atoms with E-state index in [4.69, 9.17) is 9.52 Å². The number of carboxylic acid groups (broad SMARTS) is 1. The lowest BCUT2D eigenvalue weighted by Crippen LogP contribution is -2.00. The zero-order valence-corrected chi connectivity index (χ0v) is 10.4. The number of carbonyl (C=O) groups is 1. The molecule has 1 heterocycles. The van der Waals surface area contributed by atoms with Crippen LogP contribution in [0.4, 0.5) is 0 Å². The summed E-state index contributed by atoms with van der Waals surface area (Å²) in [5.41, 5.74) is 1.28. The molecule has 0 fully saturated rings.